The van der Waals surface area contributed by atoms with Crippen molar-refractivity contribution >= 4 is 46.7 Å². The van der Waals surface area contributed by atoms with Crippen LogP contribution >= 0.6 is 34.7 Å². The normalized spacial score (nSPS) is 15.1. The molecular formula is C28H25ClN4O5S2. The Morgan fingerprint density at radius 3 is 2.75 bits per heavy atom. The number of methoxy groups -OCH3 is 1. The van der Waals surface area contributed by atoms with Gasteiger partial charge in [-0.3, -0.25) is 9.36 Å². The van der Waals surface area contributed by atoms with Gasteiger partial charge in [-0.25, -0.2) is 19.8 Å². The minimum absolute atomic E-state index is 0.179. The quantitative estimate of drug-likeness (QED) is 0.201. The van der Waals surface area contributed by atoms with Crippen LogP contribution < -0.4 is 19.6 Å². The topological polar surface area (TPSA) is 109 Å². The molecule has 0 fully saturated rings. The van der Waals surface area contributed by atoms with E-state index in [4.69, 9.17) is 30.5 Å². The lowest BCUT2D eigenvalue weighted by molar-refractivity contribution is -0.139. The molecule has 5 rings (SSSR count). The number of carbonyl (C=O) groups is 1. The van der Waals surface area contributed by atoms with Crippen molar-refractivity contribution < 1.29 is 18.7 Å². The number of halogens is 1. The Morgan fingerprint density at radius 1 is 1.23 bits per heavy atom. The highest BCUT2D eigenvalue weighted by atomic mass is 35.5. The van der Waals surface area contributed by atoms with Gasteiger partial charge in [0.1, 0.15) is 17.6 Å². The number of esters is 1. The number of fused-ring (bicyclic) bond motifs is 1. The predicted molar refractivity (Wildman–Crippen MR) is 152 cm³/mol. The lowest BCUT2D eigenvalue weighted by Crippen LogP contribution is -2.40. The molecule has 40 heavy (non-hydrogen) atoms. The second-order valence-corrected chi connectivity index (χ2v) is 11.0. The molecule has 9 nitrogen and oxygen atoms in total. The molecule has 0 amide bonds. The Labute approximate surface area is 242 Å². The summed E-state index contributed by atoms with van der Waals surface area (Å²) in [6.45, 7) is 3.92. The van der Waals surface area contributed by atoms with Crippen LogP contribution in [0.2, 0.25) is 5.02 Å². The summed E-state index contributed by atoms with van der Waals surface area (Å²) in [6, 6.07) is 9.58. The van der Waals surface area contributed by atoms with Crippen LogP contribution in [-0.4, -0.2) is 34.2 Å². The number of nitrogens with zero attached hydrogens (tertiary/aromatic N) is 4. The van der Waals surface area contributed by atoms with Crippen LogP contribution in [0, 0.1) is 0 Å². The van der Waals surface area contributed by atoms with Gasteiger partial charge in [0.25, 0.3) is 5.56 Å². The third-order valence-electron chi connectivity index (χ3n) is 5.99. The number of thiazole rings is 1. The lowest BCUT2D eigenvalue weighted by atomic mass is 9.93. The summed E-state index contributed by atoms with van der Waals surface area (Å²) in [5.41, 5.74) is 1.10. The Balaban J connectivity index is 1.67. The van der Waals surface area contributed by atoms with Crippen molar-refractivity contribution in [3.63, 3.8) is 0 Å². The van der Waals surface area contributed by atoms with Crippen LogP contribution in [0.25, 0.3) is 6.08 Å². The van der Waals surface area contributed by atoms with E-state index < -0.39 is 12.0 Å². The van der Waals surface area contributed by atoms with Crippen molar-refractivity contribution in [2.24, 2.45) is 4.99 Å². The van der Waals surface area contributed by atoms with E-state index in [1.165, 1.54) is 34.8 Å². The molecule has 0 radical (unpaired) electrons. The van der Waals surface area contributed by atoms with Gasteiger partial charge in [0.05, 0.1) is 29.5 Å². The Hall–Kier alpha value is -3.67. The molecule has 4 heterocycles. The van der Waals surface area contributed by atoms with Gasteiger partial charge in [-0.15, -0.1) is 0 Å². The molecule has 1 aromatic carbocycles. The minimum Gasteiger partial charge on any atom is -0.496 e. The van der Waals surface area contributed by atoms with Crippen molar-refractivity contribution in [2.45, 2.75) is 43.0 Å². The number of aromatic nitrogens is 3. The summed E-state index contributed by atoms with van der Waals surface area (Å²) in [5.74, 6) is 0.435. The summed E-state index contributed by atoms with van der Waals surface area (Å²) in [6.07, 6.45) is 6.25. The van der Waals surface area contributed by atoms with Crippen molar-refractivity contribution in [3.8, 4) is 5.75 Å². The summed E-state index contributed by atoms with van der Waals surface area (Å²) < 4.78 is 18.9. The minimum atomic E-state index is -0.842. The number of carbonyl (C=O) groups excluding carboxylic acids is 1. The van der Waals surface area contributed by atoms with E-state index in [0.29, 0.717) is 59.4 Å². The Kier molecular flexibility index (Phi) is 8.53. The van der Waals surface area contributed by atoms with Crippen molar-refractivity contribution in [1.82, 2.24) is 14.5 Å². The fourth-order valence-corrected chi connectivity index (χ4v) is 6.22. The number of hydrogen-bond acceptors (Lipinski definition) is 10. The average molecular weight is 597 g/mol. The molecular weight excluding hydrogens is 572 g/mol. The average Bonchev–Trinajstić information content (AvgIpc) is 3.52. The number of ether oxygens (including phenoxy) is 2. The van der Waals surface area contributed by atoms with E-state index >= 15 is 0 Å². The molecule has 3 aromatic heterocycles. The molecule has 0 aliphatic carbocycles. The zero-order chi connectivity index (χ0) is 28.2. The highest BCUT2D eigenvalue weighted by Crippen LogP contribution is 2.38. The monoisotopic (exact) mass is 596 g/mol. The van der Waals surface area contributed by atoms with Crippen LogP contribution in [0.5, 0.6) is 5.75 Å². The first-order chi connectivity index (χ1) is 19.4. The van der Waals surface area contributed by atoms with Crippen LogP contribution in [0.15, 0.2) is 84.5 Å². The van der Waals surface area contributed by atoms with Gasteiger partial charge >= 0.3 is 5.97 Å². The van der Waals surface area contributed by atoms with E-state index in [-0.39, 0.29) is 12.2 Å². The Bertz CT molecular complexity index is 1760. The fourth-order valence-electron chi connectivity index (χ4n) is 4.36. The third-order valence-corrected chi connectivity index (χ3v) is 8.02. The van der Waals surface area contributed by atoms with Crippen molar-refractivity contribution in [3.05, 3.63) is 96.1 Å². The van der Waals surface area contributed by atoms with Crippen LogP contribution in [-0.2, 0) is 9.53 Å². The Morgan fingerprint density at radius 2 is 2.02 bits per heavy atom. The molecule has 1 atom stereocenters. The molecule has 0 N–H and O–H groups in total. The van der Waals surface area contributed by atoms with Crippen LogP contribution in [0.1, 0.15) is 44.1 Å². The van der Waals surface area contributed by atoms with Gasteiger partial charge in [0, 0.05) is 29.1 Å². The maximum absolute atomic E-state index is 13.9. The van der Waals surface area contributed by atoms with Crippen molar-refractivity contribution in [2.75, 3.05) is 13.7 Å². The second-order valence-electron chi connectivity index (χ2n) is 8.59. The number of furan rings is 1. The summed E-state index contributed by atoms with van der Waals surface area (Å²) in [7, 11) is 1.53. The van der Waals surface area contributed by atoms with Gasteiger partial charge in [0.15, 0.2) is 15.1 Å². The van der Waals surface area contributed by atoms with Gasteiger partial charge in [-0.2, -0.15) is 0 Å². The van der Waals surface area contributed by atoms with Gasteiger partial charge < -0.3 is 13.9 Å². The predicted octanol–water partition coefficient (Wildman–Crippen LogP) is 4.77. The van der Waals surface area contributed by atoms with E-state index in [1.807, 2.05) is 6.92 Å². The summed E-state index contributed by atoms with van der Waals surface area (Å²) in [4.78, 5) is 40.9. The van der Waals surface area contributed by atoms with Gasteiger partial charge in [-0.05, 0) is 61.5 Å². The maximum Gasteiger partial charge on any atom is 0.338 e. The van der Waals surface area contributed by atoms with Crippen LogP contribution in [0.3, 0.4) is 0 Å². The summed E-state index contributed by atoms with van der Waals surface area (Å²) in [5, 5.41) is 1.58. The highest BCUT2D eigenvalue weighted by Gasteiger charge is 2.36. The van der Waals surface area contributed by atoms with Crippen molar-refractivity contribution in [1.29, 1.82) is 0 Å². The zero-order valence-corrected chi connectivity index (χ0v) is 24.3. The smallest absolute Gasteiger partial charge is 0.338 e. The largest absolute Gasteiger partial charge is 0.496 e. The molecule has 0 bridgehead atoms. The third kappa shape index (κ3) is 5.63. The first-order valence-corrected chi connectivity index (χ1v) is 14.5. The molecule has 1 aliphatic heterocycles. The molecule has 4 aromatic rings. The first-order valence-electron chi connectivity index (χ1n) is 12.5. The second kappa shape index (κ2) is 12.2. The number of allylic oxidation sites excluding steroid dienone is 1. The molecule has 0 saturated carbocycles. The van der Waals surface area contributed by atoms with Gasteiger partial charge in [0.2, 0.25) is 0 Å². The van der Waals surface area contributed by atoms with Gasteiger partial charge in [-0.1, -0.05) is 36.3 Å². The van der Waals surface area contributed by atoms with Crippen LogP contribution in [0.4, 0.5) is 0 Å². The van der Waals surface area contributed by atoms with E-state index in [0.717, 1.165) is 6.42 Å². The standard InChI is InChI=1S/C28H25ClN4O5S2/c1-4-7-19-23(26(35)37-5-2)24(18-14-16(29)8-10-20(18)36-3)33-25(34)21(39-28(33)32-19)15-17-9-11-22(38-17)40-27-30-12-6-13-31-27/h6,8-15,24H,4-5,7H2,1-3H3/b21-15-/t24-/m1/s1. The first kappa shape index (κ1) is 27.9. The number of rotatable bonds is 9. The van der Waals surface area contributed by atoms with E-state index in [9.17, 15) is 9.59 Å². The maximum atomic E-state index is 13.9. The van der Waals surface area contributed by atoms with E-state index in [1.54, 1.807) is 61.8 Å². The molecule has 0 saturated heterocycles. The fraction of sp³-hybridized carbons (Fsp3) is 0.250. The molecule has 0 unspecified atom stereocenters. The zero-order valence-electron chi connectivity index (χ0n) is 21.9. The molecule has 1 aliphatic rings. The SMILES string of the molecule is CCCC1=C(C(=O)OCC)[C@@H](c2cc(Cl)ccc2OC)n2c(s/c(=C\c3ccc(Sc4ncccn4)o3)c2=O)=N1. The lowest BCUT2D eigenvalue weighted by Gasteiger charge is -2.27. The number of hydrogen-bond donors (Lipinski definition) is 0. The summed E-state index contributed by atoms with van der Waals surface area (Å²) >= 11 is 8.89. The molecule has 12 heteroatoms. The highest BCUT2D eigenvalue weighted by molar-refractivity contribution is 7.99. The van der Waals surface area contributed by atoms with E-state index in [2.05, 4.69) is 9.97 Å². The molecule has 0 spiro atoms. The molecule has 206 valence electrons. The number of benzene rings is 1.